The highest BCUT2D eigenvalue weighted by Gasteiger charge is 2.28. The second kappa shape index (κ2) is 6.97. The van der Waals surface area contributed by atoms with Crippen molar-refractivity contribution >= 4 is 28.0 Å². The molecule has 1 aliphatic heterocycles. The van der Waals surface area contributed by atoms with Crippen LogP contribution in [0.4, 0.5) is 0 Å². The van der Waals surface area contributed by atoms with Gasteiger partial charge in [-0.05, 0) is 42.7 Å². The monoisotopic (exact) mass is 346 g/mol. The number of hydrogen-bond acceptors (Lipinski definition) is 3. The van der Waals surface area contributed by atoms with Gasteiger partial charge >= 0.3 is 0 Å². The Morgan fingerprint density at radius 3 is 3.00 bits per heavy atom. The quantitative estimate of drug-likeness (QED) is 0.801. The lowest BCUT2D eigenvalue weighted by molar-refractivity contribution is 0.455. The van der Waals surface area contributed by atoms with Gasteiger partial charge in [-0.3, -0.25) is 4.21 Å². The van der Waals surface area contributed by atoms with Crippen molar-refractivity contribution in [3.05, 3.63) is 57.3 Å². The van der Waals surface area contributed by atoms with Crippen LogP contribution >= 0.6 is 11.3 Å². The molecule has 122 valence electrons. The molecular weight excluding hydrogens is 324 g/mol. The van der Waals surface area contributed by atoms with Gasteiger partial charge in [0.1, 0.15) is 10.9 Å². The van der Waals surface area contributed by atoms with Gasteiger partial charge in [0.2, 0.25) is 0 Å². The molecule has 1 unspecified atom stereocenters. The van der Waals surface area contributed by atoms with Gasteiger partial charge in [-0.2, -0.15) is 0 Å². The Hall–Kier alpha value is -1.46. The average molecular weight is 347 g/mol. The molecule has 1 aliphatic carbocycles. The van der Waals surface area contributed by atoms with Gasteiger partial charge in [0.25, 0.3) is 0 Å². The lowest BCUT2D eigenvalue weighted by atomic mass is 10.1. The summed E-state index contributed by atoms with van der Waals surface area (Å²) in [5.41, 5.74) is 2.57. The zero-order valence-electron chi connectivity index (χ0n) is 13.6. The summed E-state index contributed by atoms with van der Waals surface area (Å²) in [6, 6.07) is 2.27. The van der Waals surface area contributed by atoms with Crippen molar-refractivity contribution < 1.29 is 4.21 Å². The van der Waals surface area contributed by atoms with E-state index in [0.29, 0.717) is 5.03 Å². The maximum Gasteiger partial charge on any atom is 0.137 e. The molecule has 23 heavy (non-hydrogen) atoms. The smallest absolute Gasteiger partial charge is 0.137 e. The van der Waals surface area contributed by atoms with Crippen molar-refractivity contribution in [2.75, 3.05) is 12.8 Å². The molecule has 0 saturated heterocycles. The number of hydrogen-bond donors (Lipinski definition) is 0. The van der Waals surface area contributed by atoms with E-state index in [1.165, 1.54) is 23.3 Å². The Balaban J connectivity index is 1.89. The van der Waals surface area contributed by atoms with E-state index in [1.807, 2.05) is 24.3 Å². The van der Waals surface area contributed by atoms with E-state index in [9.17, 15) is 4.21 Å². The van der Waals surface area contributed by atoms with Crippen molar-refractivity contribution in [1.29, 1.82) is 0 Å². The maximum absolute atomic E-state index is 11.6. The largest absolute Gasteiger partial charge is 0.347 e. The first-order chi connectivity index (χ1) is 11.1. The molecule has 1 aromatic rings. The predicted molar refractivity (Wildman–Crippen MR) is 100 cm³/mol. The molecule has 0 aromatic carbocycles. The lowest BCUT2D eigenvalue weighted by Gasteiger charge is -2.29. The Bertz CT molecular complexity index is 723. The van der Waals surface area contributed by atoms with Gasteiger partial charge < -0.3 is 4.90 Å². The third kappa shape index (κ3) is 3.72. The van der Waals surface area contributed by atoms with Crippen LogP contribution in [0.3, 0.4) is 0 Å². The first-order valence-electron chi connectivity index (χ1n) is 7.85. The van der Waals surface area contributed by atoms with E-state index in [0.717, 1.165) is 30.4 Å². The van der Waals surface area contributed by atoms with Crippen LogP contribution in [0.15, 0.2) is 51.8 Å². The second-order valence-corrected chi connectivity index (χ2v) is 8.26. The molecule has 0 amide bonds. The SMILES string of the molecule is C=C(N=C1C(=CC)C=CCN1Cc1sccc1C1CC1)S(C)=O. The highest BCUT2D eigenvalue weighted by atomic mass is 32.2. The van der Waals surface area contributed by atoms with Crippen LogP contribution < -0.4 is 0 Å². The molecule has 3 rings (SSSR count). The normalized spacial score (nSPS) is 22.8. The highest BCUT2D eigenvalue weighted by Crippen LogP contribution is 2.43. The standard InChI is InChI=1S/C18H22N2OS2/c1-4-14-6-5-10-20(18(14)19-13(2)23(3)21)12-17-16(9-11-22-17)15-7-8-15/h4-6,9,11,15H,2,7-8,10,12H2,1,3H3. The number of rotatable bonds is 5. The first kappa shape index (κ1) is 16.4. The van der Waals surface area contributed by atoms with Gasteiger partial charge in [-0.25, -0.2) is 4.99 Å². The molecule has 0 bridgehead atoms. The summed E-state index contributed by atoms with van der Waals surface area (Å²) in [4.78, 5) is 8.25. The van der Waals surface area contributed by atoms with E-state index in [1.54, 1.807) is 6.26 Å². The summed E-state index contributed by atoms with van der Waals surface area (Å²) in [6.07, 6.45) is 10.5. The molecule has 1 atom stereocenters. The fourth-order valence-electron chi connectivity index (χ4n) is 2.74. The number of thiophene rings is 1. The third-order valence-corrected chi connectivity index (χ3v) is 5.86. The van der Waals surface area contributed by atoms with Crippen LogP contribution in [0.5, 0.6) is 0 Å². The summed E-state index contributed by atoms with van der Waals surface area (Å²) >= 11 is 1.82. The number of amidine groups is 1. The zero-order valence-corrected chi connectivity index (χ0v) is 15.3. The van der Waals surface area contributed by atoms with Crippen LogP contribution in [-0.4, -0.2) is 27.7 Å². The van der Waals surface area contributed by atoms with Crippen LogP contribution in [0.25, 0.3) is 0 Å². The average Bonchev–Trinajstić information content (AvgIpc) is 3.28. The molecule has 0 radical (unpaired) electrons. The molecule has 3 nitrogen and oxygen atoms in total. The molecule has 5 heteroatoms. The molecule has 2 aliphatic rings. The molecule has 1 fully saturated rings. The van der Waals surface area contributed by atoms with Crippen LogP contribution in [-0.2, 0) is 17.3 Å². The Labute approximate surface area is 144 Å². The fraction of sp³-hybridized carbons (Fsp3) is 0.389. The van der Waals surface area contributed by atoms with Gasteiger partial charge in [-0.15, -0.1) is 11.3 Å². The Morgan fingerprint density at radius 2 is 2.35 bits per heavy atom. The van der Waals surface area contributed by atoms with Crippen LogP contribution in [0, 0.1) is 0 Å². The number of allylic oxidation sites excluding steroid dienone is 1. The van der Waals surface area contributed by atoms with Crippen molar-refractivity contribution in [3.8, 4) is 0 Å². The van der Waals surface area contributed by atoms with Crippen molar-refractivity contribution in [3.63, 3.8) is 0 Å². The van der Waals surface area contributed by atoms with E-state index < -0.39 is 10.8 Å². The van der Waals surface area contributed by atoms with Crippen LogP contribution in [0.1, 0.15) is 36.1 Å². The number of nitrogens with zero attached hydrogens (tertiary/aromatic N) is 2. The zero-order chi connectivity index (χ0) is 16.4. The summed E-state index contributed by atoms with van der Waals surface area (Å²) in [5, 5.41) is 2.61. The first-order valence-corrected chi connectivity index (χ1v) is 10.3. The van der Waals surface area contributed by atoms with E-state index >= 15 is 0 Å². The molecular formula is C18H22N2OS2. The molecule has 1 saturated carbocycles. The third-order valence-electron chi connectivity index (χ3n) is 4.19. The lowest BCUT2D eigenvalue weighted by Crippen LogP contribution is -2.34. The van der Waals surface area contributed by atoms with Crippen molar-refractivity contribution in [2.45, 2.75) is 32.2 Å². The van der Waals surface area contributed by atoms with Crippen LogP contribution in [0.2, 0.25) is 0 Å². The van der Waals surface area contributed by atoms with Gasteiger partial charge in [-0.1, -0.05) is 24.8 Å². The summed E-state index contributed by atoms with van der Waals surface area (Å²) in [6.45, 7) is 7.52. The molecule has 1 aromatic heterocycles. The van der Waals surface area contributed by atoms with E-state index in [-0.39, 0.29) is 0 Å². The van der Waals surface area contributed by atoms with E-state index in [2.05, 4.69) is 40.1 Å². The second-order valence-electron chi connectivity index (χ2n) is 5.88. The van der Waals surface area contributed by atoms with Crippen molar-refractivity contribution in [1.82, 2.24) is 4.90 Å². The number of aliphatic imine (C=N–C) groups is 1. The van der Waals surface area contributed by atoms with Crippen molar-refractivity contribution in [2.24, 2.45) is 4.99 Å². The fourth-order valence-corrected chi connectivity index (χ4v) is 3.94. The minimum absolute atomic E-state index is 0.424. The minimum Gasteiger partial charge on any atom is -0.347 e. The summed E-state index contributed by atoms with van der Waals surface area (Å²) in [5.74, 6) is 1.64. The summed E-state index contributed by atoms with van der Waals surface area (Å²) < 4.78 is 11.6. The highest BCUT2D eigenvalue weighted by molar-refractivity contribution is 7.88. The maximum atomic E-state index is 11.6. The van der Waals surface area contributed by atoms with Gasteiger partial charge in [0.05, 0.1) is 17.3 Å². The molecule has 0 N–H and O–H groups in total. The summed E-state index contributed by atoms with van der Waals surface area (Å²) in [7, 11) is -1.14. The molecule has 0 spiro atoms. The Kier molecular flexibility index (Phi) is 4.97. The Morgan fingerprint density at radius 1 is 1.57 bits per heavy atom. The molecule has 2 heterocycles. The predicted octanol–water partition coefficient (Wildman–Crippen LogP) is 4.19. The van der Waals surface area contributed by atoms with Gasteiger partial charge in [0.15, 0.2) is 0 Å². The minimum atomic E-state index is -1.14. The van der Waals surface area contributed by atoms with Gasteiger partial charge in [0, 0.05) is 23.3 Å². The van der Waals surface area contributed by atoms with E-state index in [4.69, 9.17) is 0 Å². The topological polar surface area (TPSA) is 32.7 Å².